The molecule has 11 nitrogen and oxygen atoms in total. The fraction of sp³-hybridized carbons (Fsp3) is 0.211. The largest absolute Gasteiger partial charge is 0.347 e. The maximum absolute atomic E-state index is 12.3. The normalized spacial score (nSPS) is 10.7. The quantitative estimate of drug-likeness (QED) is 0.360. The summed E-state index contributed by atoms with van der Waals surface area (Å²) in [5, 5.41) is 29.6. The number of rotatable bonds is 5. The summed E-state index contributed by atoms with van der Waals surface area (Å²) in [7, 11) is 0. The van der Waals surface area contributed by atoms with Gasteiger partial charge < -0.3 is 10.6 Å². The maximum atomic E-state index is 12.3. The topological polar surface area (TPSA) is 157 Å². The van der Waals surface area contributed by atoms with Crippen LogP contribution < -0.4 is 16.0 Å². The predicted octanol–water partition coefficient (Wildman–Crippen LogP) is 3.16. The van der Waals surface area contributed by atoms with Gasteiger partial charge in [0.05, 0.1) is 21.5 Å². The number of anilines is 1. The second-order valence-electron chi connectivity index (χ2n) is 7.44. The van der Waals surface area contributed by atoms with E-state index in [2.05, 4.69) is 16.0 Å². The number of non-ortho nitro benzene ring substituents is 2. The third-order valence-electron chi connectivity index (χ3n) is 3.71. The minimum Gasteiger partial charge on any atom is -0.347 e. The molecule has 0 atom stereocenters. The SMILES string of the molecule is CC(C)(C)NC(=O)c1ccc(NC(=S)NC(=O)c2cc([N+](=O)[O-])cc([N+](=O)[O-])c2)cc1. The molecular formula is C19H19N5O6S. The van der Waals surface area contributed by atoms with Gasteiger partial charge in [-0.25, -0.2) is 0 Å². The lowest BCUT2D eigenvalue weighted by Crippen LogP contribution is -2.40. The van der Waals surface area contributed by atoms with Gasteiger partial charge in [0, 0.05) is 28.9 Å². The lowest BCUT2D eigenvalue weighted by molar-refractivity contribution is -0.394. The van der Waals surface area contributed by atoms with Crippen molar-refractivity contribution >= 4 is 46.2 Å². The van der Waals surface area contributed by atoms with Gasteiger partial charge in [-0.2, -0.15) is 0 Å². The molecule has 2 rings (SSSR count). The summed E-state index contributed by atoms with van der Waals surface area (Å²) in [6.07, 6.45) is 0. The van der Waals surface area contributed by atoms with Crippen LogP contribution in [0, 0.1) is 20.2 Å². The van der Waals surface area contributed by atoms with Crippen molar-refractivity contribution in [3.8, 4) is 0 Å². The Morgan fingerprint density at radius 3 is 1.84 bits per heavy atom. The van der Waals surface area contributed by atoms with Crippen LogP contribution in [-0.2, 0) is 0 Å². The zero-order chi connectivity index (χ0) is 23.3. The molecule has 2 amide bonds. The Kier molecular flexibility index (Phi) is 6.97. The van der Waals surface area contributed by atoms with Crippen molar-refractivity contribution < 1.29 is 19.4 Å². The summed E-state index contributed by atoms with van der Waals surface area (Å²) in [6, 6.07) is 8.86. The van der Waals surface area contributed by atoms with Crippen LogP contribution >= 0.6 is 12.2 Å². The van der Waals surface area contributed by atoms with Gasteiger partial charge in [0.2, 0.25) is 0 Å². The van der Waals surface area contributed by atoms with E-state index in [1.165, 1.54) is 0 Å². The zero-order valence-corrected chi connectivity index (χ0v) is 17.6. The molecule has 0 heterocycles. The Morgan fingerprint density at radius 2 is 1.39 bits per heavy atom. The van der Waals surface area contributed by atoms with Crippen molar-refractivity contribution in [3.63, 3.8) is 0 Å². The third-order valence-corrected chi connectivity index (χ3v) is 3.91. The Bertz CT molecular complexity index is 1030. The Labute approximate surface area is 182 Å². The highest BCUT2D eigenvalue weighted by molar-refractivity contribution is 7.80. The lowest BCUT2D eigenvalue weighted by atomic mass is 10.1. The first-order chi connectivity index (χ1) is 14.4. The number of hydrogen-bond donors (Lipinski definition) is 3. The van der Waals surface area contributed by atoms with Crippen molar-refractivity contribution in [1.82, 2.24) is 10.6 Å². The Hall–Kier alpha value is -3.93. The third kappa shape index (κ3) is 6.82. The average molecular weight is 445 g/mol. The smallest absolute Gasteiger partial charge is 0.277 e. The second kappa shape index (κ2) is 9.26. The van der Waals surface area contributed by atoms with E-state index >= 15 is 0 Å². The van der Waals surface area contributed by atoms with Gasteiger partial charge in [0.15, 0.2) is 5.11 Å². The first-order valence-corrected chi connectivity index (χ1v) is 9.25. The number of carbonyl (C=O) groups excluding carboxylic acids is 2. The van der Waals surface area contributed by atoms with Crippen molar-refractivity contribution in [3.05, 3.63) is 73.8 Å². The molecule has 0 aliphatic heterocycles. The highest BCUT2D eigenvalue weighted by atomic mass is 32.1. The van der Waals surface area contributed by atoms with Crippen LogP contribution in [0.5, 0.6) is 0 Å². The molecule has 0 bridgehead atoms. The van der Waals surface area contributed by atoms with Gasteiger partial charge >= 0.3 is 0 Å². The monoisotopic (exact) mass is 445 g/mol. The number of nitro groups is 2. The van der Waals surface area contributed by atoms with Gasteiger partial charge in [-0.05, 0) is 57.3 Å². The molecule has 0 unspecified atom stereocenters. The number of carbonyl (C=O) groups is 2. The van der Waals surface area contributed by atoms with E-state index in [1.54, 1.807) is 24.3 Å². The fourth-order valence-electron chi connectivity index (χ4n) is 2.39. The fourth-order valence-corrected chi connectivity index (χ4v) is 2.60. The number of nitro benzene ring substituents is 2. The highest BCUT2D eigenvalue weighted by Crippen LogP contribution is 2.22. The van der Waals surface area contributed by atoms with Crippen molar-refractivity contribution in [2.75, 3.05) is 5.32 Å². The Morgan fingerprint density at radius 1 is 0.871 bits per heavy atom. The molecule has 31 heavy (non-hydrogen) atoms. The number of nitrogens with one attached hydrogen (secondary N) is 3. The summed E-state index contributed by atoms with van der Waals surface area (Å²) in [6.45, 7) is 5.58. The molecule has 0 spiro atoms. The van der Waals surface area contributed by atoms with Crippen LogP contribution in [0.15, 0.2) is 42.5 Å². The Balaban J connectivity index is 2.07. The summed E-state index contributed by atoms with van der Waals surface area (Å²) in [5.41, 5.74) is -0.965. The van der Waals surface area contributed by atoms with E-state index in [0.717, 1.165) is 18.2 Å². The molecular weight excluding hydrogens is 426 g/mol. The van der Waals surface area contributed by atoms with Crippen molar-refractivity contribution in [2.45, 2.75) is 26.3 Å². The molecule has 0 aromatic heterocycles. The van der Waals surface area contributed by atoms with Crippen LogP contribution in [0.1, 0.15) is 41.5 Å². The maximum Gasteiger partial charge on any atom is 0.277 e. The summed E-state index contributed by atoms with van der Waals surface area (Å²) >= 11 is 5.05. The van der Waals surface area contributed by atoms with E-state index in [0.29, 0.717) is 11.3 Å². The summed E-state index contributed by atoms with van der Waals surface area (Å²) in [5.74, 6) is -1.10. The van der Waals surface area contributed by atoms with Crippen LogP contribution in [0.2, 0.25) is 0 Å². The summed E-state index contributed by atoms with van der Waals surface area (Å²) in [4.78, 5) is 44.7. The van der Waals surface area contributed by atoms with Crippen LogP contribution in [0.3, 0.4) is 0 Å². The average Bonchev–Trinajstić information content (AvgIpc) is 2.66. The van der Waals surface area contributed by atoms with Gasteiger partial charge in [-0.3, -0.25) is 35.1 Å². The zero-order valence-electron chi connectivity index (χ0n) is 16.8. The molecule has 2 aromatic rings. The number of amides is 2. The molecule has 0 saturated carbocycles. The van der Waals surface area contributed by atoms with Crippen LogP contribution in [0.25, 0.3) is 0 Å². The van der Waals surface area contributed by atoms with E-state index in [9.17, 15) is 29.8 Å². The predicted molar refractivity (Wildman–Crippen MR) is 117 cm³/mol. The molecule has 12 heteroatoms. The van der Waals surface area contributed by atoms with Crippen LogP contribution in [-0.4, -0.2) is 32.3 Å². The number of benzene rings is 2. The molecule has 0 saturated heterocycles. The number of nitrogens with zero attached hydrogens (tertiary/aromatic N) is 2. The highest BCUT2D eigenvalue weighted by Gasteiger charge is 2.20. The molecule has 0 fully saturated rings. The molecule has 162 valence electrons. The van der Waals surface area contributed by atoms with E-state index < -0.39 is 27.1 Å². The standard InChI is InChI=1S/C19H19N5O6S/c1-19(2,3)22-17(26)11-4-6-13(7-5-11)20-18(31)21-16(25)12-8-14(23(27)28)10-15(9-12)24(29)30/h4-10H,1-3H3,(H,22,26)(H2,20,21,25,31). The van der Waals surface area contributed by atoms with Gasteiger partial charge in [-0.1, -0.05) is 0 Å². The molecule has 0 aliphatic carbocycles. The molecule has 3 N–H and O–H groups in total. The molecule has 0 aliphatic rings. The van der Waals surface area contributed by atoms with Gasteiger partial charge in [0.25, 0.3) is 23.2 Å². The van der Waals surface area contributed by atoms with Crippen molar-refractivity contribution in [1.29, 1.82) is 0 Å². The van der Waals surface area contributed by atoms with E-state index in [-0.39, 0.29) is 22.1 Å². The minimum atomic E-state index is -0.856. The first-order valence-electron chi connectivity index (χ1n) is 8.84. The lowest BCUT2D eigenvalue weighted by Gasteiger charge is -2.20. The van der Waals surface area contributed by atoms with Crippen LogP contribution in [0.4, 0.5) is 17.1 Å². The number of thiocarbonyl (C=S) groups is 1. The molecule has 0 radical (unpaired) electrons. The van der Waals surface area contributed by atoms with E-state index in [1.807, 2.05) is 20.8 Å². The molecule has 2 aromatic carbocycles. The van der Waals surface area contributed by atoms with Gasteiger partial charge in [0.1, 0.15) is 0 Å². The van der Waals surface area contributed by atoms with E-state index in [4.69, 9.17) is 12.2 Å². The van der Waals surface area contributed by atoms with Crippen molar-refractivity contribution in [2.24, 2.45) is 0 Å². The minimum absolute atomic E-state index is 0.133. The first kappa shape index (κ1) is 23.3. The second-order valence-corrected chi connectivity index (χ2v) is 7.85. The van der Waals surface area contributed by atoms with Gasteiger partial charge in [-0.15, -0.1) is 0 Å². The number of hydrogen-bond acceptors (Lipinski definition) is 7. The summed E-state index contributed by atoms with van der Waals surface area (Å²) < 4.78 is 0.